The normalized spacial score (nSPS) is 19.3. The second-order valence-corrected chi connectivity index (χ2v) is 3.88. The lowest BCUT2D eigenvalue weighted by molar-refractivity contribution is 0.0715. The van der Waals surface area contributed by atoms with Crippen molar-refractivity contribution in [2.75, 3.05) is 26.3 Å². The van der Waals surface area contributed by atoms with E-state index in [2.05, 4.69) is 0 Å². The number of aliphatic hydroxyl groups excluding tert-OH is 1. The van der Waals surface area contributed by atoms with Crippen LogP contribution in [0.25, 0.3) is 0 Å². The van der Waals surface area contributed by atoms with Crippen molar-refractivity contribution in [3.05, 3.63) is 0 Å². The molecule has 0 aliphatic carbocycles. The summed E-state index contributed by atoms with van der Waals surface area (Å²) in [5.74, 6) is 0.329. The Kier molecular flexibility index (Phi) is 4.73. The summed E-state index contributed by atoms with van der Waals surface area (Å²) >= 11 is 0. The first-order valence-corrected chi connectivity index (χ1v) is 5.26. The van der Waals surface area contributed by atoms with Crippen LogP contribution in [0, 0.1) is 5.92 Å². The molecule has 1 fully saturated rings. The molecule has 0 bridgehead atoms. The molecule has 1 atom stereocenters. The van der Waals surface area contributed by atoms with E-state index in [1.54, 1.807) is 4.90 Å². The van der Waals surface area contributed by atoms with E-state index >= 15 is 0 Å². The van der Waals surface area contributed by atoms with Crippen molar-refractivity contribution >= 4 is 6.09 Å². The summed E-state index contributed by atoms with van der Waals surface area (Å²) in [7, 11) is 0. The van der Waals surface area contributed by atoms with Crippen molar-refractivity contribution < 1.29 is 14.6 Å². The van der Waals surface area contributed by atoms with Crippen molar-refractivity contribution in [1.82, 2.24) is 4.90 Å². The third-order valence-electron chi connectivity index (χ3n) is 2.49. The SMILES string of the molecule is CC(CO)CCCN1CCCOC1=O. The highest BCUT2D eigenvalue weighted by molar-refractivity contribution is 5.68. The fourth-order valence-corrected chi connectivity index (χ4v) is 1.52. The summed E-state index contributed by atoms with van der Waals surface area (Å²) in [5, 5.41) is 8.82. The van der Waals surface area contributed by atoms with Gasteiger partial charge in [-0.3, -0.25) is 0 Å². The Morgan fingerprint density at radius 3 is 3.07 bits per heavy atom. The monoisotopic (exact) mass is 201 g/mol. The summed E-state index contributed by atoms with van der Waals surface area (Å²) in [6.45, 7) is 4.36. The molecular weight excluding hydrogens is 182 g/mol. The second-order valence-electron chi connectivity index (χ2n) is 3.88. The van der Waals surface area contributed by atoms with Crippen LogP contribution in [-0.4, -0.2) is 42.4 Å². The number of ether oxygens (including phenoxy) is 1. The molecule has 1 aliphatic rings. The topological polar surface area (TPSA) is 49.8 Å². The lowest BCUT2D eigenvalue weighted by Crippen LogP contribution is -2.38. The Morgan fingerprint density at radius 2 is 2.43 bits per heavy atom. The molecule has 0 spiro atoms. The molecule has 4 heteroatoms. The van der Waals surface area contributed by atoms with Crippen molar-refractivity contribution in [2.45, 2.75) is 26.2 Å². The van der Waals surface area contributed by atoms with Gasteiger partial charge in [-0.15, -0.1) is 0 Å². The van der Waals surface area contributed by atoms with E-state index in [4.69, 9.17) is 9.84 Å². The molecule has 1 unspecified atom stereocenters. The summed E-state index contributed by atoms with van der Waals surface area (Å²) in [6, 6.07) is 0. The van der Waals surface area contributed by atoms with Gasteiger partial charge < -0.3 is 14.7 Å². The van der Waals surface area contributed by atoms with Crippen molar-refractivity contribution in [1.29, 1.82) is 0 Å². The molecule has 1 aliphatic heterocycles. The lowest BCUT2D eigenvalue weighted by Gasteiger charge is -2.26. The van der Waals surface area contributed by atoms with E-state index in [9.17, 15) is 4.79 Å². The molecule has 1 saturated heterocycles. The van der Waals surface area contributed by atoms with Gasteiger partial charge in [-0.2, -0.15) is 0 Å². The van der Waals surface area contributed by atoms with Crippen molar-refractivity contribution in [2.24, 2.45) is 5.92 Å². The zero-order chi connectivity index (χ0) is 10.4. The van der Waals surface area contributed by atoms with Gasteiger partial charge in [0.25, 0.3) is 0 Å². The number of amides is 1. The van der Waals surface area contributed by atoms with Gasteiger partial charge in [-0.05, 0) is 25.2 Å². The molecule has 0 aromatic heterocycles. The number of carbonyl (C=O) groups is 1. The Balaban J connectivity index is 2.13. The Morgan fingerprint density at radius 1 is 1.64 bits per heavy atom. The van der Waals surface area contributed by atoms with E-state index in [0.29, 0.717) is 12.5 Å². The summed E-state index contributed by atoms with van der Waals surface area (Å²) in [4.78, 5) is 12.9. The molecule has 0 aromatic carbocycles. The van der Waals surface area contributed by atoms with E-state index in [1.165, 1.54) is 0 Å². The number of cyclic esters (lactones) is 1. The summed E-state index contributed by atoms with van der Waals surface area (Å²) in [5.41, 5.74) is 0. The van der Waals surface area contributed by atoms with Crippen molar-refractivity contribution in [3.8, 4) is 0 Å². The highest BCUT2D eigenvalue weighted by Gasteiger charge is 2.18. The van der Waals surface area contributed by atoms with Crippen LogP contribution in [0.5, 0.6) is 0 Å². The minimum atomic E-state index is -0.187. The highest BCUT2D eigenvalue weighted by atomic mass is 16.6. The van der Waals surface area contributed by atoms with Gasteiger partial charge in [0.05, 0.1) is 6.61 Å². The van der Waals surface area contributed by atoms with Crippen LogP contribution in [0.4, 0.5) is 4.79 Å². The number of nitrogens with zero attached hydrogens (tertiary/aromatic N) is 1. The van der Waals surface area contributed by atoms with Crippen LogP contribution in [-0.2, 0) is 4.74 Å². The molecule has 82 valence electrons. The lowest BCUT2D eigenvalue weighted by atomic mass is 10.1. The van der Waals surface area contributed by atoms with Crippen LogP contribution in [0.1, 0.15) is 26.2 Å². The standard InChI is InChI=1S/C10H19NO3/c1-9(8-12)4-2-5-11-6-3-7-14-10(11)13/h9,12H,2-8H2,1H3. The van der Waals surface area contributed by atoms with Gasteiger partial charge in [0.1, 0.15) is 0 Å². The number of carbonyl (C=O) groups excluding carboxylic acids is 1. The highest BCUT2D eigenvalue weighted by Crippen LogP contribution is 2.09. The average Bonchev–Trinajstić information content (AvgIpc) is 2.20. The maximum Gasteiger partial charge on any atom is 0.409 e. The smallest absolute Gasteiger partial charge is 0.409 e. The molecule has 1 amide bonds. The first-order valence-electron chi connectivity index (χ1n) is 5.26. The number of hydrogen-bond donors (Lipinski definition) is 1. The maximum atomic E-state index is 11.2. The molecule has 0 radical (unpaired) electrons. The predicted octanol–water partition coefficient (Wildman–Crippen LogP) is 1.24. The average molecular weight is 201 g/mol. The fraction of sp³-hybridized carbons (Fsp3) is 0.900. The molecular formula is C10H19NO3. The minimum Gasteiger partial charge on any atom is -0.449 e. The van der Waals surface area contributed by atoms with Gasteiger partial charge in [0.15, 0.2) is 0 Å². The third-order valence-corrected chi connectivity index (χ3v) is 2.49. The molecule has 1 rings (SSSR count). The van der Waals surface area contributed by atoms with Gasteiger partial charge in [0.2, 0.25) is 0 Å². The number of aliphatic hydroxyl groups is 1. The molecule has 0 aromatic rings. The van der Waals surface area contributed by atoms with Gasteiger partial charge >= 0.3 is 6.09 Å². The van der Waals surface area contributed by atoms with Crippen LogP contribution in [0.2, 0.25) is 0 Å². The predicted molar refractivity (Wildman–Crippen MR) is 53.0 cm³/mol. The van der Waals surface area contributed by atoms with E-state index in [1.807, 2.05) is 6.92 Å². The molecule has 4 nitrogen and oxygen atoms in total. The molecule has 0 saturated carbocycles. The first-order chi connectivity index (χ1) is 6.74. The molecule has 1 heterocycles. The Bertz CT molecular complexity index is 184. The zero-order valence-electron chi connectivity index (χ0n) is 8.74. The summed E-state index contributed by atoms with van der Waals surface area (Å²) < 4.78 is 4.91. The van der Waals surface area contributed by atoms with Crippen LogP contribution < -0.4 is 0 Å². The second kappa shape index (κ2) is 5.86. The summed E-state index contributed by atoms with van der Waals surface area (Å²) in [6.07, 6.45) is 2.64. The minimum absolute atomic E-state index is 0.187. The van der Waals surface area contributed by atoms with Crippen LogP contribution >= 0.6 is 0 Å². The van der Waals surface area contributed by atoms with E-state index in [-0.39, 0.29) is 12.7 Å². The number of rotatable bonds is 5. The van der Waals surface area contributed by atoms with Crippen molar-refractivity contribution in [3.63, 3.8) is 0 Å². The quantitative estimate of drug-likeness (QED) is 0.728. The maximum absolute atomic E-state index is 11.2. The first kappa shape index (κ1) is 11.3. The van der Waals surface area contributed by atoms with Gasteiger partial charge in [-0.25, -0.2) is 4.79 Å². The van der Waals surface area contributed by atoms with Crippen LogP contribution in [0.3, 0.4) is 0 Å². The number of hydrogen-bond acceptors (Lipinski definition) is 3. The molecule has 14 heavy (non-hydrogen) atoms. The Hall–Kier alpha value is -0.770. The molecule has 1 N–H and O–H groups in total. The van der Waals surface area contributed by atoms with Crippen LogP contribution in [0.15, 0.2) is 0 Å². The fourth-order valence-electron chi connectivity index (χ4n) is 1.52. The third kappa shape index (κ3) is 3.54. The van der Waals surface area contributed by atoms with E-state index < -0.39 is 0 Å². The van der Waals surface area contributed by atoms with E-state index in [0.717, 1.165) is 32.4 Å². The van der Waals surface area contributed by atoms with Gasteiger partial charge in [-0.1, -0.05) is 6.92 Å². The zero-order valence-corrected chi connectivity index (χ0v) is 8.74. The Labute approximate surface area is 84.8 Å². The largest absolute Gasteiger partial charge is 0.449 e. The van der Waals surface area contributed by atoms with Gasteiger partial charge in [0, 0.05) is 19.7 Å².